The standard InChI is InChI=1S/C12H17N3/c1-12(2,13-3)11-9-7-5-6-8-10(9)14-15(11)4/h5-8,13H,1-4H3. The van der Waals surface area contributed by atoms with E-state index in [1.807, 2.05) is 30.9 Å². The number of hydrogen-bond donors (Lipinski definition) is 1. The SMILES string of the molecule is CNC(C)(C)c1c2ccccc2nn1C. The molecule has 0 aliphatic rings. The van der Waals surface area contributed by atoms with Gasteiger partial charge < -0.3 is 5.32 Å². The average Bonchev–Trinajstić information content (AvgIpc) is 2.54. The molecule has 0 atom stereocenters. The van der Waals surface area contributed by atoms with Crippen molar-refractivity contribution in [2.24, 2.45) is 7.05 Å². The first-order valence-electron chi connectivity index (χ1n) is 5.17. The van der Waals surface area contributed by atoms with Gasteiger partial charge in [0.05, 0.1) is 16.7 Å². The first-order valence-corrected chi connectivity index (χ1v) is 5.17. The highest BCUT2D eigenvalue weighted by Crippen LogP contribution is 2.27. The maximum atomic E-state index is 4.50. The van der Waals surface area contributed by atoms with E-state index in [0.29, 0.717) is 0 Å². The summed E-state index contributed by atoms with van der Waals surface area (Å²) in [5.74, 6) is 0. The van der Waals surface area contributed by atoms with Gasteiger partial charge in [0, 0.05) is 12.4 Å². The molecule has 3 nitrogen and oxygen atoms in total. The van der Waals surface area contributed by atoms with Crippen LogP contribution in [-0.4, -0.2) is 16.8 Å². The molecule has 0 unspecified atom stereocenters. The molecule has 1 aromatic carbocycles. The van der Waals surface area contributed by atoms with Crippen LogP contribution in [-0.2, 0) is 12.6 Å². The van der Waals surface area contributed by atoms with Crippen LogP contribution in [0.4, 0.5) is 0 Å². The first kappa shape index (κ1) is 10.2. The molecule has 2 rings (SSSR count). The Morgan fingerprint density at radius 1 is 1.27 bits per heavy atom. The molecule has 0 aliphatic heterocycles. The number of nitrogens with zero attached hydrogens (tertiary/aromatic N) is 2. The third-order valence-electron chi connectivity index (χ3n) is 2.96. The molecular weight excluding hydrogens is 186 g/mol. The van der Waals surface area contributed by atoms with Gasteiger partial charge in [0.15, 0.2) is 0 Å². The molecule has 0 aliphatic carbocycles. The van der Waals surface area contributed by atoms with Gasteiger partial charge in [-0.3, -0.25) is 4.68 Å². The van der Waals surface area contributed by atoms with Crippen LogP contribution in [0.5, 0.6) is 0 Å². The van der Waals surface area contributed by atoms with Crippen molar-refractivity contribution in [1.82, 2.24) is 15.1 Å². The third-order valence-corrected chi connectivity index (χ3v) is 2.96. The summed E-state index contributed by atoms with van der Waals surface area (Å²) in [7, 11) is 3.97. The lowest BCUT2D eigenvalue weighted by molar-refractivity contribution is 0.413. The lowest BCUT2D eigenvalue weighted by Gasteiger charge is -2.24. The zero-order valence-electron chi connectivity index (χ0n) is 9.70. The molecular formula is C12H17N3. The van der Waals surface area contributed by atoms with Crippen LogP contribution in [0.2, 0.25) is 0 Å². The third kappa shape index (κ3) is 1.53. The fraction of sp³-hybridized carbons (Fsp3) is 0.417. The summed E-state index contributed by atoms with van der Waals surface area (Å²) in [5, 5.41) is 9.04. The second-order valence-electron chi connectivity index (χ2n) is 4.36. The van der Waals surface area contributed by atoms with Crippen LogP contribution in [0.1, 0.15) is 19.5 Å². The van der Waals surface area contributed by atoms with E-state index in [0.717, 1.165) is 5.52 Å². The summed E-state index contributed by atoms with van der Waals surface area (Å²) < 4.78 is 1.96. The largest absolute Gasteiger partial charge is 0.310 e. The van der Waals surface area contributed by atoms with Gasteiger partial charge in [-0.2, -0.15) is 5.10 Å². The number of hydrogen-bond acceptors (Lipinski definition) is 2. The maximum Gasteiger partial charge on any atom is 0.0926 e. The highest BCUT2D eigenvalue weighted by Gasteiger charge is 2.24. The van der Waals surface area contributed by atoms with E-state index in [1.165, 1.54) is 11.1 Å². The second kappa shape index (κ2) is 3.35. The van der Waals surface area contributed by atoms with Gasteiger partial charge in [0.2, 0.25) is 0 Å². The minimum Gasteiger partial charge on any atom is -0.310 e. The van der Waals surface area contributed by atoms with Crippen LogP contribution in [0, 0.1) is 0 Å². The maximum absolute atomic E-state index is 4.50. The van der Waals surface area contributed by atoms with Crippen molar-refractivity contribution < 1.29 is 0 Å². The highest BCUT2D eigenvalue weighted by molar-refractivity contribution is 5.82. The van der Waals surface area contributed by atoms with Crippen molar-refractivity contribution in [2.75, 3.05) is 7.05 Å². The molecule has 1 N–H and O–H groups in total. The second-order valence-corrected chi connectivity index (χ2v) is 4.36. The van der Waals surface area contributed by atoms with Crippen LogP contribution < -0.4 is 5.32 Å². The molecule has 1 heterocycles. The van der Waals surface area contributed by atoms with E-state index in [1.54, 1.807) is 0 Å². The quantitative estimate of drug-likeness (QED) is 0.809. The van der Waals surface area contributed by atoms with E-state index < -0.39 is 0 Å². The minimum atomic E-state index is -0.0646. The summed E-state index contributed by atoms with van der Waals surface area (Å²) in [5.41, 5.74) is 2.21. The van der Waals surface area contributed by atoms with E-state index >= 15 is 0 Å². The van der Waals surface area contributed by atoms with Gasteiger partial charge >= 0.3 is 0 Å². The molecule has 0 radical (unpaired) electrons. The Bertz CT molecular complexity index is 483. The predicted octanol–water partition coefficient (Wildman–Crippen LogP) is 2.03. The molecule has 0 amide bonds. The molecule has 2 aromatic rings. The Labute approximate surface area is 90.1 Å². The van der Waals surface area contributed by atoms with Crippen molar-refractivity contribution in [3.8, 4) is 0 Å². The van der Waals surface area contributed by atoms with Gasteiger partial charge in [-0.05, 0) is 27.0 Å². The van der Waals surface area contributed by atoms with Gasteiger partial charge in [-0.15, -0.1) is 0 Å². The summed E-state index contributed by atoms with van der Waals surface area (Å²) in [6, 6.07) is 8.24. The molecule has 3 heteroatoms. The zero-order chi connectivity index (χ0) is 11.1. The van der Waals surface area contributed by atoms with E-state index in [-0.39, 0.29) is 5.54 Å². The first-order chi connectivity index (χ1) is 7.06. The Kier molecular flexibility index (Phi) is 2.27. The van der Waals surface area contributed by atoms with E-state index in [4.69, 9.17) is 0 Å². The fourth-order valence-corrected chi connectivity index (χ4v) is 2.01. The number of nitrogens with one attached hydrogen (secondary N) is 1. The van der Waals surface area contributed by atoms with Gasteiger partial charge in [0.25, 0.3) is 0 Å². The van der Waals surface area contributed by atoms with Crippen molar-refractivity contribution in [2.45, 2.75) is 19.4 Å². The van der Waals surface area contributed by atoms with Gasteiger partial charge in [-0.25, -0.2) is 0 Å². The minimum absolute atomic E-state index is 0.0646. The zero-order valence-corrected chi connectivity index (χ0v) is 9.70. The van der Waals surface area contributed by atoms with Crippen LogP contribution in [0.15, 0.2) is 24.3 Å². The summed E-state index contributed by atoms with van der Waals surface area (Å²) in [4.78, 5) is 0. The summed E-state index contributed by atoms with van der Waals surface area (Å²) in [6.45, 7) is 4.33. The molecule has 0 saturated carbocycles. The summed E-state index contributed by atoms with van der Waals surface area (Å²) >= 11 is 0. The molecule has 80 valence electrons. The van der Waals surface area contributed by atoms with Crippen LogP contribution in [0.3, 0.4) is 0 Å². The molecule has 0 fully saturated rings. The van der Waals surface area contributed by atoms with Gasteiger partial charge in [-0.1, -0.05) is 18.2 Å². The lowest BCUT2D eigenvalue weighted by atomic mass is 9.97. The normalized spacial score (nSPS) is 12.3. The van der Waals surface area contributed by atoms with Crippen LogP contribution in [0.25, 0.3) is 10.9 Å². The topological polar surface area (TPSA) is 29.9 Å². The van der Waals surface area contributed by atoms with Crippen molar-refractivity contribution in [3.63, 3.8) is 0 Å². The molecule has 0 spiro atoms. The van der Waals surface area contributed by atoms with Gasteiger partial charge in [0.1, 0.15) is 0 Å². The number of benzene rings is 1. The monoisotopic (exact) mass is 203 g/mol. The average molecular weight is 203 g/mol. The predicted molar refractivity (Wildman–Crippen MR) is 62.8 cm³/mol. The Hall–Kier alpha value is -1.35. The molecule has 1 aromatic heterocycles. The fourth-order valence-electron chi connectivity index (χ4n) is 2.01. The molecule has 0 saturated heterocycles. The smallest absolute Gasteiger partial charge is 0.0926 e. The summed E-state index contributed by atoms with van der Waals surface area (Å²) in [6.07, 6.45) is 0. The Morgan fingerprint density at radius 3 is 2.60 bits per heavy atom. The Morgan fingerprint density at radius 2 is 1.93 bits per heavy atom. The Balaban J connectivity index is 2.74. The number of aryl methyl sites for hydroxylation is 1. The van der Waals surface area contributed by atoms with Crippen molar-refractivity contribution in [3.05, 3.63) is 30.0 Å². The van der Waals surface area contributed by atoms with Crippen molar-refractivity contribution in [1.29, 1.82) is 0 Å². The lowest BCUT2D eigenvalue weighted by Crippen LogP contribution is -2.35. The molecule has 0 bridgehead atoms. The van der Waals surface area contributed by atoms with E-state index in [2.05, 4.69) is 36.4 Å². The molecule has 15 heavy (non-hydrogen) atoms. The van der Waals surface area contributed by atoms with Crippen LogP contribution >= 0.6 is 0 Å². The van der Waals surface area contributed by atoms with E-state index in [9.17, 15) is 0 Å². The number of fused-ring (bicyclic) bond motifs is 1. The number of aromatic nitrogens is 2. The number of rotatable bonds is 2. The highest BCUT2D eigenvalue weighted by atomic mass is 15.3. The van der Waals surface area contributed by atoms with Crippen molar-refractivity contribution >= 4 is 10.9 Å².